The van der Waals surface area contributed by atoms with Crippen LogP contribution in [0.25, 0.3) is 10.8 Å². The first-order valence-electron chi connectivity index (χ1n) is 12.0. The minimum absolute atomic E-state index is 0.0327. The summed E-state index contributed by atoms with van der Waals surface area (Å²) in [4.78, 5) is 31.6. The zero-order valence-electron chi connectivity index (χ0n) is 20.1. The molecule has 4 rings (SSSR count). The minimum Gasteiger partial charge on any atom is -0.465 e. The Morgan fingerprint density at radius 3 is 2.44 bits per heavy atom. The lowest BCUT2D eigenvalue weighted by atomic mass is 9.95. The molecule has 1 aliphatic heterocycles. The number of rotatable bonds is 9. The first-order chi connectivity index (χ1) is 17.4. The predicted molar refractivity (Wildman–Crippen MR) is 137 cm³/mol. The highest BCUT2D eigenvalue weighted by molar-refractivity contribution is 7.89. The second-order valence-electron chi connectivity index (χ2n) is 8.65. The normalized spacial score (nSPS) is 15.4. The SMILES string of the molecule is CCOC(=O)C(CNC(=O)C1CCN(c2ccncc2)CC1)NS(=O)(=O)c1ccc2ccccc2c1. The van der Waals surface area contributed by atoms with Gasteiger partial charge in [0.25, 0.3) is 0 Å². The molecule has 2 heterocycles. The van der Waals surface area contributed by atoms with Crippen molar-refractivity contribution < 1.29 is 22.7 Å². The number of carbonyl (C=O) groups is 2. The van der Waals surface area contributed by atoms with E-state index in [2.05, 4.69) is 19.9 Å². The summed E-state index contributed by atoms with van der Waals surface area (Å²) in [6.45, 7) is 2.97. The maximum atomic E-state index is 13.1. The summed E-state index contributed by atoms with van der Waals surface area (Å²) in [5.41, 5.74) is 1.06. The first-order valence-corrected chi connectivity index (χ1v) is 13.5. The predicted octanol–water partition coefficient (Wildman–Crippen LogP) is 2.48. The fourth-order valence-corrected chi connectivity index (χ4v) is 5.53. The van der Waals surface area contributed by atoms with E-state index in [4.69, 9.17) is 4.74 Å². The van der Waals surface area contributed by atoms with Crippen LogP contribution >= 0.6 is 0 Å². The monoisotopic (exact) mass is 510 g/mol. The van der Waals surface area contributed by atoms with Crippen LogP contribution in [0.5, 0.6) is 0 Å². The van der Waals surface area contributed by atoms with Gasteiger partial charge >= 0.3 is 5.97 Å². The fraction of sp³-hybridized carbons (Fsp3) is 0.346. The molecule has 1 aromatic heterocycles. The standard InChI is InChI=1S/C26H30N4O5S/c1-2-35-26(32)24(29-36(33,34)23-8-7-19-5-3-4-6-21(19)17-23)18-28-25(31)20-11-15-30(16-12-20)22-9-13-27-14-10-22/h3-10,13-14,17,20,24,29H,2,11-12,15-16,18H2,1H3,(H,28,31). The Morgan fingerprint density at radius 1 is 1.06 bits per heavy atom. The number of nitrogens with zero attached hydrogens (tertiary/aromatic N) is 2. The Labute approximate surface area is 210 Å². The first kappa shape index (κ1) is 25.6. The molecule has 1 atom stereocenters. The molecule has 3 aromatic rings. The second kappa shape index (κ2) is 11.5. The van der Waals surface area contributed by atoms with Gasteiger partial charge in [0.15, 0.2) is 0 Å². The van der Waals surface area contributed by atoms with Gasteiger partial charge in [-0.05, 0) is 54.8 Å². The second-order valence-corrected chi connectivity index (χ2v) is 10.4. The van der Waals surface area contributed by atoms with Crippen molar-refractivity contribution in [1.82, 2.24) is 15.0 Å². The Hall–Kier alpha value is -3.50. The Morgan fingerprint density at radius 2 is 1.75 bits per heavy atom. The summed E-state index contributed by atoms with van der Waals surface area (Å²) in [5.74, 6) is -1.17. The Kier molecular flexibility index (Phi) is 8.17. The molecule has 1 fully saturated rings. The fourth-order valence-electron chi connectivity index (χ4n) is 4.31. The van der Waals surface area contributed by atoms with E-state index < -0.39 is 22.0 Å². The molecular formula is C26H30N4O5S. The van der Waals surface area contributed by atoms with Crippen LogP contribution in [-0.4, -0.2) is 57.6 Å². The van der Waals surface area contributed by atoms with Crippen molar-refractivity contribution in [2.45, 2.75) is 30.7 Å². The molecule has 1 unspecified atom stereocenters. The highest BCUT2D eigenvalue weighted by atomic mass is 32.2. The lowest BCUT2D eigenvalue weighted by molar-refractivity contribution is -0.145. The van der Waals surface area contributed by atoms with Gasteiger partial charge in [-0.25, -0.2) is 8.42 Å². The summed E-state index contributed by atoms with van der Waals surface area (Å²) in [5, 5.41) is 4.42. The van der Waals surface area contributed by atoms with E-state index in [1.54, 1.807) is 31.5 Å². The number of anilines is 1. The van der Waals surface area contributed by atoms with Crippen molar-refractivity contribution in [3.05, 3.63) is 67.0 Å². The molecule has 2 aromatic carbocycles. The van der Waals surface area contributed by atoms with Crippen molar-refractivity contribution in [3.63, 3.8) is 0 Å². The van der Waals surface area contributed by atoms with Crippen LogP contribution in [0, 0.1) is 5.92 Å². The molecule has 1 aliphatic rings. The number of hydrogen-bond donors (Lipinski definition) is 2. The number of piperidine rings is 1. The topological polar surface area (TPSA) is 118 Å². The number of pyridine rings is 1. The van der Waals surface area contributed by atoms with Gasteiger partial charge in [0.05, 0.1) is 11.5 Å². The van der Waals surface area contributed by atoms with Crippen molar-refractivity contribution in [1.29, 1.82) is 0 Å². The molecular weight excluding hydrogens is 480 g/mol. The number of carbonyl (C=O) groups excluding carboxylic acids is 2. The lowest BCUT2D eigenvalue weighted by Gasteiger charge is -2.33. The number of esters is 1. The van der Waals surface area contributed by atoms with Gasteiger partial charge in [-0.15, -0.1) is 0 Å². The number of amides is 1. The van der Waals surface area contributed by atoms with Gasteiger partial charge in [-0.2, -0.15) is 4.72 Å². The van der Waals surface area contributed by atoms with Crippen LogP contribution in [0.1, 0.15) is 19.8 Å². The number of fused-ring (bicyclic) bond motifs is 1. The van der Waals surface area contributed by atoms with Crippen LogP contribution in [-0.2, 0) is 24.3 Å². The van der Waals surface area contributed by atoms with E-state index in [9.17, 15) is 18.0 Å². The van der Waals surface area contributed by atoms with Crippen LogP contribution in [0.4, 0.5) is 5.69 Å². The zero-order chi connectivity index (χ0) is 25.5. The molecule has 0 bridgehead atoms. The van der Waals surface area contributed by atoms with Gasteiger partial charge in [-0.3, -0.25) is 14.6 Å². The van der Waals surface area contributed by atoms with E-state index in [1.807, 2.05) is 36.4 Å². The maximum absolute atomic E-state index is 13.1. The van der Waals surface area contributed by atoms with Gasteiger partial charge in [0.2, 0.25) is 15.9 Å². The average molecular weight is 511 g/mol. The third-order valence-electron chi connectivity index (χ3n) is 6.27. The number of sulfonamides is 1. The number of hydrogen-bond acceptors (Lipinski definition) is 7. The average Bonchev–Trinajstić information content (AvgIpc) is 2.91. The van der Waals surface area contributed by atoms with E-state index in [0.717, 1.165) is 29.5 Å². The molecule has 0 aliphatic carbocycles. The molecule has 2 N–H and O–H groups in total. The summed E-state index contributed by atoms with van der Waals surface area (Å²) < 4.78 is 33.6. The summed E-state index contributed by atoms with van der Waals surface area (Å²) in [6, 6.07) is 14.8. The molecule has 1 saturated heterocycles. The van der Waals surface area contributed by atoms with Crippen LogP contribution in [0.2, 0.25) is 0 Å². The smallest absolute Gasteiger partial charge is 0.326 e. The van der Waals surface area contributed by atoms with Crippen LogP contribution in [0.3, 0.4) is 0 Å². The highest BCUT2D eigenvalue weighted by Crippen LogP contribution is 2.23. The van der Waals surface area contributed by atoms with Gasteiger partial charge in [0.1, 0.15) is 6.04 Å². The summed E-state index contributed by atoms with van der Waals surface area (Å²) in [7, 11) is -4.04. The Bertz CT molecular complexity index is 1310. The summed E-state index contributed by atoms with van der Waals surface area (Å²) in [6.07, 6.45) is 4.79. The largest absolute Gasteiger partial charge is 0.465 e. The van der Waals surface area contributed by atoms with Crippen molar-refractivity contribution in [2.75, 3.05) is 31.1 Å². The van der Waals surface area contributed by atoms with Crippen LogP contribution in [0.15, 0.2) is 71.9 Å². The third kappa shape index (κ3) is 6.19. The third-order valence-corrected chi connectivity index (χ3v) is 7.74. The molecule has 1 amide bonds. The van der Waals surface area contributed by atoms with E-state index in [0.29, 0.717) is 12.8 Å². The molecule has 0 spiro atoms. The molecule has 36 heavy (non-hydrogen) atoms. The van der Waals surface area contributed by atoms with Gasteiger partial charge in [-0.1, -0.05) is 30.3 Å². The number of ether oxygens (including phenoxy) is 1. The zero-order valence-corrected chi connectivity index (χ0v) is 20.9. The Balaban J connectivity index is 1.39. The maximum Gasteiger partial charge on any atom is 0.326 e. The van der Waals surface area contributed by atoms with Crippen LogP contribution < -0.4 is 14.9 Å². The summed E-state index contributed by atoms with van der Waals surface area (Å²) >= 11 is 0. The molecule has 0 radical (unpaired) electrons. The van der Waals surface area contributed by atoms with Crippen molar-refractivity contribution >= 4 is 38.4 Å². The highest BCUT2D eigenvalue weighted by Gasteiger charge is 2.30. The molecule has 0 saturated carbocycles. The van der Waals surface area contributed by atoms with E-state index in [-0.39, 0.29) is 29.9 Å². The van der Waals surface area contributed by atoms with Crippen molar-refractivity contribution in [2.24, 2.45) is 5.92 Å². The quantitative estimate of drug-likeness (QED) is 0.425. The van der Waals surface area contributed by atoms with E-state index >= 15 is 0 Å². The lowest BCUT2D eigenvalue weighted by Crippen LogP contribution is -2.50. The number of nitrogens with one attached hydrogen (secondary N) is 2. The van der Waals surface area contributed by atoms with Gasteiger partial charge < -0.3 is 15.0 Å². The van der Waals surface area contributed by atoms with E-state index in [1.165, 1.54) is 6.07 Å². The molecule has 190 valence electrons. The van der Waals surface area contributed by atoms with Gasteiger partial charge in [0, 0.05) is 43.6 Å². The molecule has 9 nitrogen and oxygen atoms in total. The minimum atomic E-state index is -4.04. The van der Waals surface area contributed by atoms with Crippen molar-refractivity contribution in [3.8, 4) is 0 Å². The number of benzene rings is 2. The molecule has 10 heteroatoms. The number of aromatic nitrogens is 1.